The Morgan fingerprint density at radius 3 is 3.00 bits per heavy atom. The summed E-state index contributed by atoms with van der Waals surface area (Å²) < 4.78 is 0. The quantitative estimate of drug-likeness (QED) is 0.790. The number of aromatic nitrogens is 3. The van der Waals surface area contributed by atoms with E-state index in [9.17, 15) is 9.59 Å². The van der Waals surface area contributed by atoms with Crippen LogP contribution in [0.25, 0.3) is 10.9 Å². The van der Waals surface area contributed by atoms with Crippen LogP contribution in [0.3, 0.4) is 0 Å². The molecule has 7 nitrogen and oxygen atoms in total. The predicted octanol–water partition coefficient (Wildman–Crippen LogP) is 1.18. The maximum absolute atomic E-state index is 11.7. The number of amides is 1. The first-order valence-corrected chi connectivity index (χ1v) is 7.50. The van der Waals surface area contributed by atoms with Crippen molar-refractivity contribution in [2.24, 2.45) is 0 Å². The Hall–Kier alpha value is -2.44. The molecule has 1 fully saturated rings. The van der Waals surface area contributed by atoms with Crippen molar-refractivity contribution >= 4 is 22.6 Å². The number of aromatic amines is 1. The van der Waals surface area contributed by atoms with E-state index in [-0.39, 0.29) is 23.6 Å². The van der Waals surface area contributed by atoms with Gasteiger partial charge in [-0.1, -0.05) is 0 Å². The normalized spacial score (nSPS) is 21.5. The summed E-state index contributed by atoms with van der Waals surface area (Å²) in [6.45, 7) is 1.54. The maximum Gasteiger partial charge on any atom is 0.290 e. The van der Waals surface area contributed by atoms with E-state index in [1.165, 1.54) is 0 Å². The molecule has 0 aliphatic heterocycles. The molecule has 0 aromatic carbocycles. The van der Waals surface area contributed by atoms with E-state index in [1.54, 1.807) is 19.2 Å². The van der Waals surface area contributed by atoms with Crippen molar-refractivity contribution in [2.45, 2.75) is 44.7 Å². The molecule has 22 heavy (non-hydrogen) atoms. The molecule has 0 saturated heterocycles. The summed E-state index contributed by atoms with van der Waals surface area (Å²) in [6.07, 6.45) is 5.50. The van der Waals surface area contributed by atoms with Crippen molar-refractivity contribution in [3.63, 3.8) is 0 Å². The van der Waals surface area contributed by atoms with Gasteiger partial charge in [0.2, 0.25) is 5.91 Å². The summed E-state index contributed by atoms with van der Waals surface area (Å²) in [5.74, 6) is 0.638. The lowest BCUT2D eigenvalue weighted by Crippen LogP contribution is -2.41. The van der Waals surface area contributed by atoms with Crippen LogP contribution in [0.15, 0.2) is 23.1 Å². The van der Waals surface area contributed by atoms with E-state index in [2.05, 4.69) is 25.8 Å². The molecule has 0 bridgehead atoms. The fraction of sp³-hybridized carbons (Fsp3) is 0.467. The highest BCUT2D eigenvalue weighted by atomic mass is 16.1. The third-order valence-electron chi connectivity index (χ3n) is 3.97. The summed E-state index contributed by atoms with van der Waals surface area (Å²) in [7, 11) is 0. The second-order valence-electron chi connectivity index (χ2n) is 5.71. The number of nitrogens with zero attached hydrogens (tertiary/aromatic N) is 2. The van der Waals surface area contributed by atoms with Gasteiger partial charge in [0.25, 0.3) is 5.56 Å². The van der Waals surface area contributed by atoms with Gasteiger partial charge in [-0.15, -0.1) is 0 Å². The van der Waals surface area contributed by atoms with Gasteiger partial charge in [-0.05, 0) is 37.8 Å². The van der Waals surface area contributed by atoms with E-state index >= 15 is 0 Å². The van der Waals surface area contributed by atoms with Gasteiger partial charge >= 0.3 is 0 Å². The van der Waals surface area contributed by atoms with Crippen molar-refractivity contribution in [3.05, 3.63) is 28.7 Å². The molecule has 1 aliphatic rings. The highest BCUT2D eigenvalue weighted by Gasteiger charge is 2.23. The van der Waals surface area contributed by atoms with Crippen LogP contribution in [0.1, 0.15) is 32.6 Å². The first-order chi connectivity index (χ1) is 10.6. The Kier molecular flexibility index (Phi) is 4.04. The highest BCUT2D eigenvalue weighted by Crippen LogP contribution is 2.24. The molecular weight excluding hydrogens is 282 g/mol. The summed E-state index contributed by atoms with van der Waals surface area (Å²) in [5, 5.41) is 13.7. The number of anilines is 1. The smallest absolute Gasteiger partial charge is 0.290 e. The average Bonchev–Trinajstić information content (AvgIpc) is 2.50. The topological polar surface area (TPSA) is 99.8 Å². The maximum atomic E-state index is 11.7. The lowest BCUT2D eigenvalue weighted by Gasteiger charge is -2.30. The number of rotatable bonds is 3. The SMILES string of the molecule is CC(=O)NC1CCCC(Nc2n[nH]c(=O)c3ncccc23)C1. The van der Waals surface area contributed by atoms with E-state index in [4.69, 9.17) is 0 Å². The van der Waals surface area contributed by atoms with Gasteiger partial charge in [0.1, 0.15) is 5.52 Å². The van der Waals surface area contributed by atoms with Gasteiger partial charge in [0.15, 0.2) is 5.82 Å². The monoisotopic (exact) mass is 301 g/mol. The lowest BCUT2D eigenvalue weighted by molar-refractivity contribution is -0.119. The third kappa shape index (κ3) is 3.08. The molecule has 116 valence electrons. The Morgan fingerprint density at radius 1 is 1.36 bits per heavy atom. The number of hydrogen-bond acceptors (Lipinski definition) is 5. The number of carbonyl (C=O) groups excluding carboxylic acids is 1. The fourth-order valence-corrected chi connectivity index (χ4v) is 3.04. The van der Waals surface area contributed by atoms with Crippen molar-refractivity contribution in [1.82, 2.24) is 20.5 Å². The number of nitrogens with one attached hydrogen (secondary N) is 3. The van der Waals surface area contributed by atoms with Crippen molar-refractivity contribution in [2.75, 3.05) is 5.32 Å². The van der Waals surface area contributed by atoms with Crippen molar-refractivity contribution in [1.29, 1.82) is 0 Å². The van der Waals surface area contributed by atoms with Crippen LogP contribution < -0.4 is 16.2 Å². The van der Waals surface area contributed by atoms with E-state index in [1.807, 2.05) is 6.07 Å². The van der Waals surface area contributed by atoms with Crippen LogP contribution in [0.5, 0.6) is 0 Å². The molecule has 1 amide bonds. The van der Waals surface area contributed by atoms with Gasteiger partial charge in [0.05, 0.1) is 5.39 Å². The minimum atomic E-state index is -0.291. The number of carbonyl (C=O) groups is 1. The minimum absolute atomic E-state index is 0.00228. The largest absolute Gasteiger partial charge is 0.365 e. The molecule has 2 aromatic heterocycles. The van der Waals surface area contributed by atoms with Gasteiger partial charge in [-0.25, -0.2) is 5.10 Å². The lowest BCUT2D eigenvalue weighted by atomic mass is 9.91. The first kappa shape index (κ1) is 14.5. The Balaban J connectivity index is 1.80. The molecule has 2 heterocycles. The van der Waals surface area contributed by atoms with E-state index < -0.39 is 0 Å². The van der Waals surface area contributed by atoms with Crippen LogP contribution in [-0.2, 0) is 4.79 Å². The van der Waals surface area contributed by atoms with Crippen LogP contribution in [0.2, 0.25) is 0 Å². The fourth-order valence-electron chi connectivity index (χ4n) is 3.04. The Labute approximate surface area is 127 Å². The Bertz CT molecular complexity index is 742. The summed E-state index contributed by atoms with van der Waals surface area (Å²) in [5.41, 5.74) is 0.0927. The van der Waals surface area contributed by atoms with Crippen molar-refractivity contribution in [3.8, 4) is 0 Å². The standard InChI is InChI=1S/C15H19N5O2/c1-9(21)17-10-4-2-5-11(8-10)18-14-12-6-3-7-16-13(12)15(22)20-19-14/h3,6-7,10-11H,2,4-5,8H2,1H3,(H,17,21)(H,18,19)(H,20,22). The second kappa shape index (κ2) is 6.13. The molecule has 7 heteroatoms. The Morgan fingerprint density at radius 2 is 2.18 bits per heavy atom. The van der Waals surface area contributed by atoms with Crippen molar-refractivity contribution < 1.29 is 4.79 Å². The van der Waals surface area contributed by atoms with Crippen LogP contribution in [0.4, 0.5) is 5.82 Å². The molecule has 3 N–H and O–H groups in total. The number of pyridine rings is 1. The van der Waals surface area contributed by atoms with Gasteiger partial charge in [-0.3, -0.25) is 14.6 Å². The molecule has 2 atom stereocenters. The van der Waals surface area contributed by atoms with Crippen LogP contribution >= 0.6 is 0 Å². The molecule has 0 radical (unpaired) electrons. The summed E-state index contributed by atoms with van der Waals surface area (Å²) in [6, 6.07) is 4.03. The zero-order valence-electron chi connectivity index (χ0n) is 12.4. The number of H-pyrrole nitrogens is 1. The van der Waals surface area contributed by atoms with Gasteiger partial charge in [-0.2, -0.15) is 5.10 Å². The van der Waals surface area contributed by atoms with E-state index in [0.29, 0.717) is 16.7 Å². The molecule has 1 aliphatic carbocycles. The molecule has 0 spiro atoms. The summed E-state index contributed by atoms with van der Waals surface area (Å²) >= 11 is 0. The van der Waals surface area contributed by atoms with Gasteiger partial charge in [0, 0.05) is 25.2 Å². The van der Waals surface area contributed by atoms with Crippen LogP contribution in [0, 0.1) is 0 Å². The molecule has 3 rings (SSSR count). The first-order valence-electron chi connectivity index (χ1n) is 7.50. The minimum Gasteiger partial charge on any atom is -0.365 e. The average molecular weight is 301 g/mol. The number of hydrogen-bond donors (Lipinski definition) is 3. The van der Waals surface area contributed by atoms with Gasteiger partial charge < -0.3 is 10.6 Å². The summed E-state index contributed by atoms with van der Waals surface area (Å²) in [4.78, 5) is 27.0. The zero-order chi connectivity index (χ0) is 15.5. The third-order valence-corrected chi connectivity index (χ3v) is 3.97. The molecule has 2 unspecified atom stereocenters. The van der Waals surface area contributed by atoms with E-state index in [0.717, 1.165) is 25.7 Å². The second-order valence-corrected chi connectivity index (χ2v) is 5.71. The molecule has 1 saturated carbocycles. The zero-order valence-corrected chi connectivity index (χ0v) is 12.4. The highest BCUT2D eigenvalue weighted by molar-refractivity contribution is 5.87. The van der Waals surface area contributed by atoms with Crippen LogP contribution in [-0.4, -0.2) is 33.2 Å². The number of fused-ring (bicyclic) bond motifs is 1. The molecular formula is C15H19N5O2. The molecule has 2 aromatic rings. The predicted molar refractivity (Wildman–Crippen MR) is 83.6 cm³/mol.